The van der Waals surface area contributed by atoms with Crippen LogP contribution in [0.4, 0.5) is 0 Å². The standard InChI is InChI=1S/C14H26N2O6S/c1-14(2,10-17)12(19)13(20)16-8-6-11(18)15-7-4-5-9-23(3,21)22/h5,9,12,17,19H,4,6-8,10H2,1-3H3,(H,15,18)(H,16,20)/b9-5+/t12-/m0/s1. The van der Waals surface area contributed by atoms with E-state index in [0.29, 0.717) is 13.0 Å². The van der Waals surface area contributed by atoms with E-state index in [1.165, 1.54) is 6.08 Å². The molecule has 0 aliphatic rings. The lowest BCUT2D eigenvalue weighted by atomic mass is 9.87. The van der Waals surface area contributed by atoms with Gasteiger partial charge in [0.2, 0.25) is 11.8 Å². The first-order chi connectivity index (χ1) is 10.5. The molecular weight excluding hydrogens is 324 g/mol. The van der Waals surface area contributed by atoms with Gasteiger partial charge in [-0.25, -0.2) is 8.42 Å². The highest BCUT2D eigenvalue weighted by molar-refractivity contribution is 7.93. The number of sulfone groups is 1. The average Bonchev–Trinajstić information content (AvgIpc) is 2.44. The Morgan fingerprint density at radius 3 is 2.35 bits per heavy atom. The molecule has 0 aromatic heterocycles. The molecule has 0 unspecified atom stereocenters. The Bertz CT molecular complexity index is 527. The Kier molecular flexibility index (Phi) is 9.03. The zero-order valence-electron chi connectivity index (χ0n) is 13.7. The normalized spacial score (nSPS) is 13.8. The summed E-state index contributed by atoms with van der Waals surface area (Å²) in [6, 6.07) is 0. The average molecular weight is 350 g/mol. The molecular formula is C14H26N2O6S. The summed E-state index contributed by atoms with van der Waals surface area (Å²) < 4.78 is 21.7. The maximum Gasteiger partial charge on any atom is 0.249 e. The van der Waals surface area contributed by atoms with Crippen molar-refractivity contribution in [2.45, 2.75) is 32.8 Å². The lowest BCUT2D eigenvalue weighted by Gasteiger charge is -2.27. The summed E-state index contributed by atoms with van der Waals surface area (Å²) in [4.78, 5) is 23.2. The molecule has 0 aromatic rings. The fourth-order valence-corrected chi connectivity index (χ4v) is 1.95. The second-order valence-corrected chi connectivity index (χ2v) is 7.86. The monoisotopic (exact) mass is 350 g/mol. The van der Waals surface area contributed by atoms with E-state index < -0.39 is 27.3 Å². The van der Waals surface area contributed by atoms with Gasteiger partial charge in [-0.15, -0.1) is 0 Å². The van der Waals surface area contributed by atoms with Gasteiger partial charge in [0.15, 0.2) is 9.84 Å². The topological polar surface area (TPSA) is 133 Å². The van der Waals surface area contributed by atoms with E-state index in [1.807, 2.05) is 0 Å². The summed E-state index contributed by atoms with van der Waals surface area (Å²) >= 11 is 0. The smallest absolute Gasteiger partial charge is 0.249 e. The Morgan fingerprint density at radius 1 is 1.22 bits per heavy atom. The Balaban J connectivity index is 3.95. The predicted octanol–water partition coefficient (Wildman–Crippen LogP) is -1.06. The molecule has 8 nitrogen and oxygen atoms in total. The molecule has 1 atom stereocenters. The molecule has 0 saturated carbocycles. The number of rotatable bonds is 10. The van der Waals surface area contributed by atoms with Crippen molar-refractivity contribution in [1.82, 2.24) is 10.6 Å². The minimum absolute atomic E-state index is 0.0355. The van der Waals surface area contributed by atoms with Gasteiger partial charge in [0.1, 0.15) is 6.10 Å². The van der Waals surface area contributed by atoms with Gasteiger partial charge < -0.3 is 20.8 Å². The van der Waals surface area contributed by atoms with Gasteiger partial charge in [-0.3, -0.25) is 9.59 Å². The van der Waals surface area contributed by atoms with Gasteiger partial charge in [0, 0.05) is 36.6 Å². The molecule has 23 heavy (non-hydrogen) atoms. The Labute approximate surface area is 136 Å². The van der Waals surface area contributed by atoms with Crippen LogP contribution in [0.5, 0.6) is 0 Å². The van der Waals surface area contributed by atoms with Crippen LogP contribution in [0.1, 0.15) is 26.7 Å². The summed E-state index contributed by atoms with van der Waals surface area (Å²) in [6.45, 7) is 3.10. The van der Waals surface area contributed by atoms with Crippen molar-refractivity contribution in [3.63, 3.8) is 0 Å². The second kappa shape index (κ2) is 9.64. The van der Waals surface area contributed by atoms with Crippen molar-refractivity contribution >= 4 is 21.7 Å². The molecule has 0 radical (unpaired) electrons. The van der Waals surface area contributed by atoms with Crippen molar-refractivity contribution in [3.8, 4) is 0 Å². The zero-order chi connectivity index (χ0) is 18.1. The molecule has 0 rings (SSSR count). The zero-order valence-corrected chi connectivity index (χ0v) is 14.5. The maximum absolute atomic E-state index is 11.7. The molecule has 9 heteroatoms. The molecule has 0 aliphatic heterocycles. The highest BCUT2D eigenvalue weighted by atomic mass is 32.2. The number of aliphatic hydroxyl groups excluding tert-OH is 2. The van der Waals surface area contributed by atoms with Gasteiger partial charge in [-0.1, -0.05) is 19.9 Å². The van der Waals surface area contributed by atoms with E-state index >= 15 is 0 Å². The second-order valence-electron chi connectivity index (χ2n) is 5.93. The highest BCUT2D eigenvalue weighted by Gasteiger charge is 2.32. The van der Waals surface area contributed by atoms with Crippen LogP contribution < -0.4 is 10.6 Å². The summed E-state index contributed by atoms with van der Waals surface area (Å²) in [6.07, 6.45) is 1.58. The van der Waals surface area contributed by atoms with Gasteiger partial charge in [0.25, 0.3) is 0 Å². The summed E-state index contributed by atoms with van der Waals surface area (Å²) in [7, 11) is -3.15. The first-order valence-electron chi connectivity index (χ1n) is 7.19. The van der Waals surface area contributed by atoms with E-state index in [-0.39, 0.29) is 25.5 Å². The first kappa shape index (κ1) is 21.6. The number of nitrogens with one attached hydrogen (secondary N) is 2. The number of carbonyl (C=O) groups is 2. The van der Waals surface area contributed by atoms with Crippen molar-refractivity contribution in [1.29, 1.82) is 0 Å². The number of aliphatic hydroxyl groups is 2. The molecule has 0 spiro atoms. The summed E-state index contributed by atoms with van der Waals surface area (Å²) in [5.41, 5.74) is -0.960. The molecule has 0 fully saturated rings. The van der Waals surface area contributed by atoms with Crippen LogP contribution in [0, 0.1) is 5.41 Å². The SMILES string of the molecule is CC(C)(CO)[C@@H](O)C(=O)NCCC(=O)NCC/C=C/S(C)(=O)=O. The van der Waals surface area contributed by atoms with Crippen LogP contribution in [0.2, 0.25) is 0 Å². The van der Waals surface area contributed by atoms with Gasteiger partial charge in [0.05, 0.1) is 6.61 Å². The van der Waals surface area contributed by atoms with Crippen molar-refractivity contribution < 1.29 is 28.2 Å². The van der Waals surface area contributed by atoms with Gasteiger partial charge in [-0.05, 0) is 6.42 Å². The molecule has 0 aliphatic carbocycles. The lowest BCUT2D eigenvalue weighted by Crippen LogP contribution is -2.46. The molecule has 4 N–H and O–H groups in total. The van der Waals surface area contributed by atoms with Crippen molar-refractivity contribution in [2.24, 2.45) is 5.41 Å². The largest absolute Gasteiger partial charge is 0.396 e. The minimum Gasteiger partial charge on any atom is -0.396 e. The lowest BCUT2D eigenvalue weighted by molar-refractivity contribution is -0.137. The maximum atomic E-state index is 11.7. The summed E-state index contributed by atoms with van der Waals surface area (Å²) in [5, 5.41) is 24.9. The molecule has 134 valence electrons. The van der Waals surface area contributed by atoms with Crippen LogP contribution in [-0.4, -0.2) is 62.5 Å². The third-order valence-electron chi connectivity index (χ3n) is 3.02. The fourth-order valence-electron chi connectivity index (χ4n) is 1.46. The predicted molar refractivity (Wildman–Crippen MR) is 86.1 cm³/mol. The Hall–Kier alpha value is -1.45. The number of carbonyl (C=O) groups excluding carboxylic acids is 2. The summed E-state index contributed by atoms with van der Waals surface area (Å²) in [5.74, 6) is -0.943. The molecule has 2 amide bonds. The quantitative estimate of drug-likeness (QED) is 0.371. The fraction of sp³-hybridized carbons (Fsp3) is 0.714. The van der Waals surface area contributed by atoms with Crippen molar-refractivity contribution in [3.05, 3.63) is 11.5 Å². The molecule has 0 bridgehead atoms. The third kappa shape index (κ3) is 10.0. The molecule has 0 saturated heterocycles. The van der Waals surface area contributed by atoms with E-state index in [0.717, 1.165) is 11.7 Å². The van der Waals surface area contributed by atoms with Crippen LogP contribution in [0.3, 0.4) is 0 Å². The van der Waals surface area contributed by atoms with E-state index in [4.69, 9.17) is 5.11 Å². The van der Waals surface area contributed by atoms with E-state index in [2.05, 4.69) is 10.6 Å². The van der Waals surface area contributed by atoms with Crippen LogP contribution in [0.25, 0.3) is 0 Å². The van der Waals surface area contributed by atoms with E-state index in [9.17, 15) is 23.1 Å². The number of hydrogen-bond acceptors (Lipinski definition) is 6. The highest BCUT2D eigenvalue weighted by Crippen LogP contribution is 2.19. The van der Waals surface area contributed by atoms with Crippen LogP contribution in [0.15, 0.2) is 11.5 Å². The first-order valence-corrected chi connectivity index (χ1v) is 9.15. The van der Waals surface area contributed by atoms with Crippen LogP contribution >= 0.6 is 0 Å². The third-order valence-corrected chi connectivity index (χ3v) is 3.71. The number of amides is 2. The van der Waals surface area contributed by atoms with Crippen LogP contribution in [-0.2, 0) is 19.4 Å². The molecule has 0 aromatic carbocycles. The van der Waals surface area contributed by atoms with Gasteiger partial charge >= 0.3 is 0 Å². The van der Waals surface area contributed by atoms with Gasteiger partial charge in [-0.2, -0.15) is 0 Å². The van der Waals surface area contributed by atoms with Crippen molar-refractivity contribution in [2.75, 3.05) is 26.0 Å². The Morgan fingerprint density at radius 2 is 1.83 bits per heavy atom. The molecule has 0 heterocycles. The number of hydrogen-bond donors (Lipinski definition) is 4. The minimum atomic E-state index is -3.15. The van der Waals surface area contributed by atoms with E-state index in [1.54, 1.807) is 13.8 Å².